The predicted octanol–water partition coefficient (Wildman–Crippen LogP) is 2.90. The fourth-order valence-electron chi connectivity index (χ4n) is 0.763. The van der Waals surface area contributed by atoms with Crippen molar-refractivity contribution in [3.63, 3.8) is 0 Å². The lowest BCUT2D eigenvalue weighted by Gasteiger charge is -2.16. The van der Waals surface area contributed by atoms with E-state index in [1.807, 2.05) is 44.2 Å². The molecule has 0 unspecified atom stereocenters. The second kappa shape index (κ2) is 3.45. The molecule has 0 saturated carbocycles. The molecule has 0 nitrogen and oxygen atoms in total. The van der Waals surface area contributed by atoms with E-state index in [1.165, 1.54) is 0 Å². The Bertz CT molecular complexity index is 290. The van der Waals surface area contributed by atoms with Gasteiger partial charge in [0, 0.05) is 5.56 Å². The van der Waals surface area contributed by atoms with Crippen LogP contribution in [0.5, 0.6) is 0 Å². The molecule has 1 aromatic rings. The summed E-state index contributed by atoms with van der Waals surface area (Å²) in [5.41, 5.74) is 0.893. The molecule has 0 amide bonds. The van der Waals surface area contributed by atoms with E-state index in [-0.39, 0.29) is 5.41 Å². The van der Waals surface area contributed by atoms with Gasteiger partial charge in [-0.25, -0.2) is 0 Å². The molecule has 0 radical (unpaired) electrons. The van der Waals surface area contributed by atoms with Crippen molar-refractivity contribution in [1.82, 2.24) is 0 Å². The summed E-state index contributed by atoms with van der Waals surface area (Å²) in [5.74, 6) is 6.15. The number of hydrogen-bond acceptors (Lipinski definition) is 0. The third-order valence-electron chi connectivity index (χ3n) is 1.32. The molecule has 1 aromatic carbocycles. The van der Waals surface area contributed by atoms with E-state index in [0.717, 1.165) is 5.56 Å². The fraction of sp³-hybridized carbons (Fsp3) is 0.250. The first-order valence-electron chi connectivity index (χ1n) is 4.01. The Labute approximate surface area is 74.6 Å². The van der Waals surface area contributed by atoms with E-state index in [0.29, 0.717) is 0 Å². The third-order valence-corrected chi connectivity index (χ3v) is 1.32. The maximum Gasteiger partial charge on any atom is 0.0244 e. The third kappa shape index (κ3) is 3.25. The van der Waals surface area contributed by atoms with Crippen molar-refractivity contribution < 1.29 is 0 Å². The summed E-state index contributed by atoms with van der Waals surface area (Å²) in [6, 6.07) is 9.96. The molecule has 0 aliphatic rings. The van der Waals surface area contributed by atoms with Gasteiger partial charge in [-0.3, -0.25) is 0 Å². The number of benzene rings is 1. The van der Waals surface area contributed by atoms with Gasteiger partial charge in [0.15, 0.2) is 0 Å². The summed E-state index contributed by atoms with van der Waals surface area (Å²) in [5, 5.41) is 0. The van der Waals surface area contributed by atoms with Gasteiger partial charge in [-0.2, -0.15) is 0 Å². The summed E-state index contributed by atoms with van der Waals surface area (Å²) < 4.78 is 0. The first kappa shape index (κ1) is 8.87. The van der Waals surface area contributed by atoms with Crippen molar-refractivity contribution in [2.45, 2.75) is 13.8 Å². The Balaban J connectivity index is 2.81. The minimum atomic E-state index is -0.157. The molecule has 0 N–H and O–H groups in total. The van der Waals surface area contributed by atoms with E-state index in [2.05, 4.69) is 18.8 Å². The number of hydrogen-bond donors (Lipinski definition) is 0. The van der Waals surface area contributed by atoms with Crippen LogP contribution in [0.25, 0.3) is 0 Å². The van der Waals surface area contributed by atoms with E-state index in [1.54, 1.807) is 0 Å². The Morgan fingerprint density at radius 1 is 1.17 bits per heavy atom. The summed E-state index contributed by atoms with van der Waals surface area (Å²) in [6.07, 6.45) is 0. The normalized spacial score (nSPS) is 10.2. The average molecular weight is 157 g/mol. The molecule has 0 saturated heterocycles. The van der Waals surface area contributed by atoms with Crippen LogP contribution in [-0.4, -0.2) is 0 Å². The van der Waals surface area contributed by atoms with Crippen LogP contribution < -0.4 is 0 Å². The van der Waals surface area contributed by atoms with E-state index in [9.17, 15) is 0 Å². The summed E-state index contributed by atoms with van der Waals surface area (Å²) in [7, 11) is 0. The molecule has 0 aliphatic heterocycles. The molecule has 0 spiro atoms. The second-order valence-electron chi connectivity index (χ2n) is 3.50. The highest BCUT2D eigenvalue weighted by Gasteiger charge is 1.93. The molecule has 0 heterocycles. The van der Waals surface area contributed by atoms with Gasteiger partial charge in [0.2, 0.25) is 0 Å². The molecule has 12 heavy (non-hydrogen) atoms. The maximum absolute atomic E-state index is 3.91. The molecule has 62 valence electrons. The quantitative estimate of drug-likeness (QED) is 0.401. The smallest absolute Gasteiger partial charge is 0.0244 e. The highest BCUT2D eigenvalue weighted by Crippen LogP contribution is 2.09. The fourth-order valence-corrected chi connectivity index (χ4v) is 0.763. The van der Waals surface area contributed by atoms with Crippen LogP contribution in [0.4, 0.5) is 0 Å². The maximum atomic E-state index is 3.91. The average Bonchev–Trinajstić information content (AvgIpc) is 2.02. The molecule has 1 rings (SSSR count). The summed E-state index contributed by atoms with van der Waals surface area (Å²) in [4.78, 5) is 0. The molecule has 0 bridgehead atoms. The van der Waals surface area contributed by atoms with Crippen molar-refractivity contribution in [2.24, 2.45) is 5.41 Å². The van der Waals surface area contributed by atoms with Crippen LogP contribution in [-0.2, 0) is 0 Å². The topological polar surface area (TPSA) is 0 Å². The predicted molar refractivity (Wildman–Crippen MR) is 52.5 cm³/mol. The number of rotatable bonds is 0. The van der Waals surface area contributed by atoms with Crippen molar-refractivity contribution in [2.75, 3.05) is 0 Å². The Morgan fingerprint density at radius 3 is 2.25 bits per heavy atom. The lowest BCUT2D eigenvalue weighted by atomic mass is 9.97. The zero-order chi connectivity index (χ0) is 9.03. The van der Waals surface area contributed by atoms with Gasteiger partial charge in [-0.15, -0.1) is 5.92 Å². The molecular formula is C12H13-. The molecule has 0 aliphatic carbocycles. The van der Waals surface area contributed by atoms with Gasteiger partial charge < -0.3 is 6.92 Å². The molecule has 0 atom stereocenters. The van der Waals surface area contributed by atoms with Gasteiger partial charge in [0.05, 0.1) is 0 Å². The minimum Gasteiger partial charge on any atom is -0.326 e. The van der Waals surface area contributed by atoms with Crippen LogP contribution in [0.15, 0.2) is 30.3 Å². The van der Waals surface area contributed by atoms with Crippen molar-refractivity contribution >= 4 is 0 Å². The van der Waals surface area contributed by atoms with Gasteiger partial charge in [0.1, 0.15) is 0 Å². The molecular weight excluding hydrogens is 144 g/mol. The van der Waals surface area contributed by atoms with Crippen LogP contribution >= 0.6 is 0 Å². The first-order chi connectivity index (χ1) is 5.58. The van der Waals surface area contributed by atoms with Crippen LogP contribution in [0.3, 0.4) is 0 Å². The van der Waals surface area contributed by atoms with Gasteiger partial charge in [-0.1, -0.05) is 43.4 Å². The largest absolute Gasteiger partial charge is 0.326 e. The van der Waals surface area contributed by atoms with Gasteiger partial charge in [0.25, 0.3) is 0 Å². The Kier molecular flexibility index (Phi) is 2.55. The molecule has 0 aromatic heterocycles. The van der Waals surface area contributed by atoms with Crippen LogP contribution in [0, 0.1) is 24.2 Å². The Morgan fingerprint density at radius 2 is 1.75 bits per heavy atom. The lowest BCUT2D eigenvalue weighted by molar-refractivity contribution is 0.650. The van der Waals surface area contributed by atoms with Gasteiger partial charge >= 0.3 is 0 Å². The van der Waals surface area contributed by atoms with E-state index in [4.69, 9.17) is 0 Å². The zero-order valence-electron chi connectivity index (χ0n) is 7.59. The summed E-state index contributed by atoms with van der Waals surface area (Å²) in [6.45, 7) is 7.92. The zero-order valence-corrected chi connectivity index (χ0v) is 7.59. The lowest BCUT2D eigenvalue weighted by Crippen LogP contribution is -1.99. The van der Waals surface area contributed by atoms with Crippen molar-refractivity contribution in [3.05, 3.63) is 42.8 Å². The highest BCUT2D eigenvalue weighted by molar-refractivity contribution is 5.35. The van der Waals surface area contributed by atoms with Crippen LogP contribution in [0.1, 0.15) is 19.4 Å². The molecule has 0 fully saturated rings. The van der Waals surface area contributed by atoms with Crippen molar-refractivity contribution in [1.29, 1.82) is 0 Å². The van der Waals surface area contributed by atoms with Crippen LogP contribution in [0.2, 0.25) is 0 Å². The monoisotopic (exact) mass is 157 g/mol. The Hall–Kier alpha value is -1.22. The van der Waals surface area contributed by atoms with Crippen molar-refractivity contribution in [3.8, 4) is 11.8 Å². The van der Waals surface area contributed by atoms with E-state index >= 15 is 0 Å². The second-order valence-corrected chi connectivity index (χ2v) is 3.50. The minimum absolute atomic E-state index is 0.157. The summed E-state index contributed by atoms with van der Waals surface area (Å²) >= 11 is 0. The highest BCUT2D eigenvalue weighted by atomic mass is 14.1. The standard InChI is InChI=1S/C12H13/c1-12(2,3)10-9-11-7-5-4-6-8-11/h4-8H,1H2,2-3H3/q-1. The van der Waals surface area contributed by atoms with Gasteiger partial charge in [-0.05, 0) is 12.1 Å². The van der Waals surface area contributed by atoms with E-state index < -0.39 is 0 Å². The SMILES string of the molecule is [CH2-]C(C)(C)C#Cc1ccccc1. The molecule has 0 heteroatoms. The first-order valence-corrected chi connectivity index (χ1v) is 4.01.